The van der Waals surface area contributed by atoms with Crippen LogP contribution >= 0.6 is 0 Å². The Balaban J connectivity index is 2.23. The summed E-state index contributed by atoms with van der Waals surface area (Å²) in [4.78, 5) is 10.9. The van der Waals surface area contributed by atoms with E-state index in [1.54, 1.807) is 0 Å². The van der Waals surface area contributed by atoms with Gasteiger partial charge in [-0.2, -0.15) is 0 Å². The molecule has 1 aromatic carbocycles. The number of rotatable bonds is 7. The third-order valence-corrected chi connectivity index (χ3v) is 3.34. The molecule has 5 nitrogen and oxygen atoms in total. The van der Waals surface area contributed by atoms with Gasteiger partial charge < -0.3 is 20.1 Å². The monoisotopic (exact) mass is 284 g/mol. The van der Waals surface area contributed by atoms with Crippen LogP contribution in [0.15, 0.2) is 12.1 Å². The zero-order chi connectivity index (χ0) is 14.7. The molecule has 1 aromatic rings. The Labute approximate surface area is 115 Å². The fourth-order valence-corrected chi connectivity index (χ4v) is 1.94. The van der Waals surface area contributed by atoms with Crippen LogP contribution in [0.2, 0.25) is 0 Å². The number of hydrogen-bond donors (Lipinski definition) is 3. The third kappa shape index (κ3) is 3.26. The van der Waals surface area contributed by atoms with Crippen molar-refractivity contribution in [1.29, 1.82) is 0 Å². The molecule has 1 aliphatic rings. The van der Waals surface area contributed by atoms with Gasteiger partial charge in [0.1, 0.15) is 11.6 Å². The molecule has 1 fully saturated rings. The molecule has 0 aliphatic heterocycles. The molecule has 0 heterocycles. The summed E-state index contributed by atoms with van der Waals surface area (Å²) in [5.74, 6) is -2.10. The maximum absolute atomic E-state index is 13.7. The van der Waals surface area contributed by atoms with Gasteiger partial charge in [-0.25, -0.2) is 9.18 Å². The molecule has 0 amide bonds. The molecule has 0 unspecified atom stereocenters. The molecule has 1 aliphatic carbocycles. The fourth-order valence-electron chi connectivity index (χ4n) is 1.94. The van der Waals surface area contributed by atoms with Crippen LogP contribution in [0.3, 0.4) is 0 Å². The molecule has 1 saturated carbocycles. The molecule has 110 valence electrons. The van der Waals surface area contributed by atoms with E-state index in [-0.39, 0.29) is 31.3 Å². The zero-order valence-corrected chi connectivity index (χ0v) is 10.9. The van der Waals surface area contributed by atoms with Gasteiger partial charge in [0.25, 0.3) is 0 Å². The number of carbonyl (C=O) groups is 1. The van der Waals surface area contributed by atoms with Crippen LogP contribution in [0.25, 0.3) is 0 Å². The quantitative estimate of drug-likeness (QED) is 0.704. The largest absolute Gasteiger partial charge is 0.493 e. The second-order valence-electron chi connectivity index (χ2n) is 4.99. The van der Waals surface area contributed by atoms with Crippen molar-refractivity contribution in [3.8, 4) is 5.75 Å². The fraction of sp³-hybridized carbons (Fsp3) is 0.500. The highest BCUT2D eigenvalue weighted by Gasteiger charge is 2.29. The van der Waals surface area contributed by atoms with Crippen molar-refractivity contribution in [3.63, 3.8) is 0 Å². The Morgan fingerprint density at radius 2 is 2.00 bits per heavy atom. The van der Waals surface area contributed by atoms with Crippen LogP contribution in [0.1, 0.15) is 34.7 Å². The third-order valence-electron chi connectivity index (χ3n) is 3.34. The Hall–Kier alpha value is -1.66. The number of benzene rings is 1. The SMILES string of the molecule is O=C(O)c1cc(C2CC2)c(OCC(CO)CO)cc1F. The van der Waals surface area contributed by atoms with Gasteiger partial charge in [0, 0.05) is 12.0 Å². The van der Waals surface area contributed by atoms with Crippen molar-refractivity contribution in [2.45, 2.75) is 18.8 Å². The summed E-state index contributed by atoms with van der Waals surface area (Å²) in [5.41, 5.74) is 0.318. The van der Waals surface area contributed by atoms with E-state index in [0.29, 0.717) is 11.3 Å². The zero-order valence-electron chi connectivity index (χ0n) is 10.9. The predicted octanol–water partition coefficient (Wildman–Crippen LogP) is 1.38. The molecule has 0 saturated heterocycles. The minimum absolute atomic E-state index is 0.0541. The van der Waals surface area contributed by atoms with Gasteiger partial charge in [0.05, 0.1) is 25.4 Å². The molecule has 0 atom stereocenters. The summed E-state index contributed by atoms with van der Waals surface area (Å²) < 4.78 is 19.1. The van der Waals surface area contributed by atoms with Crippen LogP contribution in [-0.4, -0.2) is 41.1 Å². The molecule has 6 heteroatoms. The lowest BCUT2D eigenvalue weighted by Crippen LogP contribution is -2.20. The van der Waals surface area contributed by atoms with Crippen LogP contribution < -0.4 is 4.74 Å². The Morgan fingerprint density at radius 1 is 1.35 bits per heavy atom. The molecule has 20 heavy (non-hydrogen) atoms. The number of aliphatic hydroxyl groups is 2. The van der Waals surface area contributed by atoms with Crippen molar-refractivity contribution in [2.75, 3.05) is 19.8 Å². The number of carboxylic acids is 1. The molecule has 3 N–H and O–H groups in total. The first kappa shape index (κ1) is 14.7. The number of carboxylic acid groups (broad SMARTS) is 1. The van der Waals surface area contributed by atoms with Crippen molar-refractivity contribution in [2.24, 2.45) is 5.92 Å². The molecule has 0 bridgehead atoms. The van der Waals surface area contributed by atoms with Gasteiger partial charge in [-0.1, -0.05) is 0 Å². The topological polar surface area (TPSA) is 87.0 Å². The Morgan fingerprint density at radius 3 is 2.50 bits per heavy atom. The van der Waals surface area contributed by atoms with E-state index < -0.39 is 17.7 Å². The van der Waals surface area contributed by atoms with Crippen molar-refractivity contribution in [1.82, 2.24) is 0 Å². The molecule has 2 rings (SSSR count). The molecule has 0 spiro atoms. The van der Waals surface area contributed by atoms with E-state index in [1.165, 1.54) is 6.07 Å². The summed E-state index contributed by atoms with van der Waals surface area (Å²) in [6, 6.07) is 2.39. The normalized spacial score (nSPS) is 14.6. The summed E-state index contributed by atoms with van der Waals surface area (Å²) in [7, 11) is 0. The highest BCUT2D eigenvalue weighted by atomic mass is 19.1. The second kappa shape index (κ2) is 6.19. The van der Waals surface area contributed by atoms with E-state index >= 15 is 0 Å². The van der Waals surface area contributed by atoms with E-state index in [0.717, 1.165) is 18.9 Å². The van der Waals surface area contributed by atoms with Crippen molar-refractivity contribution >= 4 is 5.97 Å². The average Bonchev–Trinajstić information content (AvgIpc) is 3.24. The number of hydrogen-bond acceptors (Lipinski definition) is 4. The van der Waals surface area contributed by atoms with Crippen molar-refractivity contribution in [3.05, 3.63) is 29.1 Å². The lowest BCUT2D eigenvalue weighted by molar-refractivity contribution is 0.0691. The lowest BCUT2D eigenvalue weighted by Gasteiger charge is -2.16. The minimum Gasteiger partial charge on any atom is -0.493 e. The summed E-state index contributed by atoms with van der Waals surface area (Å²) in [5, 5.41) is 26.9. The summed E-state index contributed by atoms with van der Waals surface area (Å²) >= 11 is 0. The van der Waals surface area contributed by atoms with Crippen LogP contribution in [0.4, 0.5) is 4.39 Å². The molecular weight excluding hydrogens is 267 g/mol. The number of aromatic carboxylic acids is 1. The molecule has 0 radical (unpaired) electrons. The number of ether oxygens (including phenoxy) is 1. The van der Waals surface area contributed by atoms with Crippen LogP contribution in [-0.2, 0) is 0 Å². The maximum atomic E-state index is 13.7. The lowest BCUT2D eigenvalue weighted by atomic mass is 10.0. The van der Waals surface area contributed by atoms with Gasteiger partial charge in [-0.15, -0.1) is 0 Å². The molecular formula is C14H17FO5. The smallest absolute Gasteiger partial charge is 0.338 e. The van der Waals surface area contributed by atoms with E-state index in [1.807, 2.05) is 0 Å². The van der Waals surface area contributed by atoms with Gasteiger partial charge in [0.15, 0.2) is 0 Å². The van der Waals surface area contributed by atoms with Gasteiger partial charge in [-0.3, -0.25) is 0 Å². The predicted molar refractivity (Wildman–Crippen MR) is 68.5 cm³/mol. The minimum atomic E-state index is -1.31. The van der Waals surface area contributed by atoms with Crippen molar-refractivity contribution < 1.29 is 29.2 Å². The number of halogens is 1. The Bertz CT molecular complexity index is 495. The van der Waals surface area contributed by atoms with Crippen LogP contribution in [0.5, 0.6) is 5.75 Å². The first-order valence-electron chi connectivity index (χ1n) is 6.48. The first-order chi connectivity index (χ1) is 9.56. The van der Waals surface area contributed by atoms with Gasteiger partial charge >= 0.3 is 5.97 Å². The van der Waals surface area contributed by atoms with E-state index in [2.05, 4.69) is 0 Å². The van der Waals surface area contributed by atoms with Gasteiger partial charge in [0.2, 0.25) is 0 Å². The highest BCUT2D eigenvalue weighted by molar-refractivity contribution is 5.88. The summed E-state index contributed by atoms with van der Waals surface area (Å²) in [6.45, 7) is -0.408. The second-order valence-corrected chi connectivity index (χ2v) is 4.99. The maximum Gasteiger partial charge on any atom is 0.338 e. The first-order valence-corrected chi connectivity index (χ1v) is 6.48. The average molecular weight is 284 g/mol. The van der Waals surface area contributed by atoms with E-state index in [4.69, 9.17) is 20.1 Å². The highest BCUT2D eigenvalue weighted by Crippen LogP contribution is 2.45. The Kier molecular flexibility index (Phi) is 4.57. The summed E-state index contributed by atoms with van der Waals surface area (Å²) in [6.07, 6.45) is 1.84. The number of aliphatic hydroxyl groups excluding tert-OH is 2. The van der Waals surface area contributed by atoms with Gasteiger partial charge in [-0.05, 0) is 30.4 Å². The van der Waals surface area contributed by atoms with E-state index in [9.17, 15) is 9.18 Å². The van der Waals surface area contributed by atoms with Crippen LogP contribution in [0, 0.1) is 11.7 Å². The molecule has 0 aromatic heterocycles. The standard InChI is InChI=1S/C14H17FO5/c15-12-4-13(20-7-8(5-16)6-17)10(9-1-2-9)3-11(12)14(18)19/h3-4,8-9,16-17H,1-2,5-7H2,(H,18,19).